The van der Waals surface area contributed by atoms with Crippen molar-refractivity contribution in [3.63, 3.8) is 0 Å². The molecule has 1 aromatic rings. The highest BCUT2D eigenvalue weighted by molar-refractivity contribution is 8.00. The first-order valence-electron chi connectivity index (χ1n) is 6.63. The molecule has 3 nitrogen and oxygen atoms in total. The molecule has 6 heteroatoms. The lowest BCUT2D eigenvalue weighted by Crippen LogP contribution is -2.41. The van der Waals surface area contributed by atoms with Crippen LogP contribution in [0.15, 0.2) is 23.1 Å². The minimum Gasteiger partial charge on any atom is -0.338 e. The summed E-state index contributed by atoms with van der Waals surface area (Å²) in [6.45, 7) is 1.71. The molecular formula is C14H18Cl2N2OS. The van der Waals surface area contributed by atoms with Crippen LogP contribution in [0, 0.1) is 0 Å². The zero-order valence-corrected chi connectivity index (χ0v) is 13.7. The first-order valence-corrected chi connectivity index (χ1v) is 8.38. The summed E-state index contributed by atoms with van der Waals surface area (Å²) in [5.74, 6) is 0.573. The molecule has 110 valence electrons. The van der Waals surface area contributed by atoms with Gasteiger partial charge >= 0.3 is 0 Å². The van der Waals surface area contributed by atoms with Gasteiger partial charge in [-0.2, -0.15) is 0 Å². The van der Waals surface area contributed by atoms with Crippen LogP contribution in [0.4, 0.5) is 0 Å². The summed E-state index contributed by atoms with van der Waals surface area (Å²) in [5, 5.41) is 4.42. The number of likely N-dealkylation sites (tertiary alicyclic amines) is 1. The van der Waals surface area contributed by atoms with Crippen LogP contribution in [0.1, 0.15) is 12.8 Å². The summed E-state index contributed by atoms with van der Waals surface area (Å²) in [5.41, 5.74) is 0. The van der Waals surface area contributed by atoms with Gasteiger partial charge in [-0.15, -0.1) is 11.8 Å². The highest BCUT2D eigenvalue weighted by Gasteiger charge is 2.27. The average molecular weight is 333 g/mol. The van der Waals surface area contributed by atoms with E-state index in [9.17, 15) is 4.79 Å². The average Bonchev–Trinajstić information content (AvgIpc) is 2.88. The molecule has 1 N–H and O–H groups in total. The van der Waals surface area contributed by atoms with Gasteiger partial charge in [0.2, 0.25) is 5.91 Å². The minimum atomic E-state index is 0.170. The molecule has 20 heavy (non-hydrogen) atoms. The first-order chi connectivity index (χ1) is 9.61. The predicted molar refractivity (Wildman–Crippen MR) is 85.8 cm³/mol. The third-order valence-electron chi connectivity index (χ3n) is 3.38. The molecule has 0 radical (unpaired) electrons. The van der Waals surface area contributed by atoms with Gasteiger partial charge in [-0.1, -0.05) is 23.2 Å². The maximum absolute atomic E-state index is 12.3. The van der Waals surface area contributed by atoms with E-state index in [0.717, 1.165) is 30.8 Å². The number of hydrogen-bond acceptors (Lipinski definition) is 3. The number of thioether (sulfide) groups is 1. The van der Waals surface area contributed by atoms with Gasteiger partial charge in [-0.3, -0.25) is 4.79 Å². The van der Waals surface area contributed by atoms with E-state index in [1.807, 2.05) is 11.9 Å². The lowest BCUT2D eigenvalue weighted by Gasteiger charge is -2.24. The molecule has 1 fully saturated rings. The van der Waals surface area contributed by atoms with Gasteiger partial charge in [0.15, 0.2) is 0 Å². The molecule has 1 amide bonds. The number of hydrogen-bond donors (Lipinski definition) is 1. The molecule has 1 saturated heterocycles. The van der Waals surface area contributed by atoms with E-state index in [4.69, 9.17) is 23.2 Å². The number of nitrogens with one attached hydrogen (secondary N) is 1. The monoisotopic (exact) mass is 332 g/mol. The summed E-state index contributed by atoms with van der Waals surface area (Å²) in [7, 11) is 1.92. The lowest BCUT2D eigenvalue weighted by atomic mass is 10.2. The Morgan fingerprint density at radius 3 is 3.05 bits per heavy atom. The summed E-state index contributed by atoms with van der Waals surface area (Å²) >= 11 is 13.5. The van der Waals surface area contributed by atoms with E-state index in [0.29, 0.717) is 21.8 Å². The molecule has 0 spiro atoms. The Kier molecular flexibility index (Phi) is 6.02. The third-order valence-corrected chi connectivity index (χ3v) is 5.10. The summed E-state index contributed by atoms with van der Waals surface area (Å²) < 4.78 is 0. The maximum Gasteiger partial charge on any atom is 0.233 e. The second-order valence-corrected chi connectivity index (χ2v) is 6.67. The van der Waals surface area contributed by atoms with Crippen molar-refractivity contribution in [3.05, 3.63) is 28.2 Å². The molecule has 1 heterocycles. The number of amides is 1. The van der Waals surface area contributed by atoms with Crippen LogP contribution in [-0.2, 0) is 4.79 Å². The number of likely N-dealkylation sites (N-methyl/N-ethyl adjacent to an activating group) is 1. The van der Waals surface area contributed by atoms with Crippen molar-refractivity contribution in [3.8, 4) is 0 Å². The Morgan fingerprint density at radius 2 is 2.30 bits per heavy atom. The fourth-order valence-corrected chi connectivity index (χ4v) is 3.80. The Bertz CT molecular complexity index is 484. The normalized spacial score (nSPS) is 18.6. The van der Waals surface area contributed by atoms with Crippen LogP contribution >= 0.6 is 35.0 Å². The summed E-state index contributed by atoms with van der Waals surface area (Å²) in [6.07, 6.45) is 2.16. The largest absolute Gasteiger partial charge is 0.338 e. The fourth-order valence-electron chi connectivity index (χ4n) is 2.42. The Hall–Kier alpha value is -0.420. The second-order valence-electron chi connectivity index (χ2n) is 4.80. The van der Waals surface area contributed by atoms with Crippen molar-refractivity contribution in [2.24, 2.45) is 0 Å². The molecular weight excluding hydrogens is 315 g/mol. The van der Waals surface area contributed by atoms with Crippen LogP contribution in [0.5, 0.6) is 0 Å². The van der Waals surface area contributed by atoms with Crippen LogP contribution in [0.3, 0.4) is 0 Å². The SMILES string of the molecule is CNCC1CCCN1C(=O)CSc1cc(Cl)ccc1Cl. The highest BCUT2D eigenvalue weighted by Crippen LogP contribution is 2.30. The molecule has 1 aliphatic rings. The molecule has 0 aromatic heterocycles. The van der Waals surface area contributed by atoms with Crippen LogP contribution in [0.2, 0.25) is 10.0 Å². The number of carbonyl (C=O) groups excluding carboxylic acids is 1. The van der Waals surface area contributed by atoms with Crippen molar-refractivity contribution in [2.45, 2.75) is 23.8 Å². The van der Waals surface area contributed by atoms with Crippen molar-refractivity contribution in [1.82, 2.24) is 10.2 Å². The quantitative estimate of drug-likeness (QED) is 0.839. The molecule has 1 aliphatic heterocycles. The van der Waals surface area contributed by atoms with E-state index in [1.165, 1.54) is 11.8 Å². The molecule has 2 rings (SSSR count). The number of rotatable bonds is 5. The smallest absolute Gasteiger partial charge is 0.233 e. The summed E-state index contributed by atoms with van der Waals surface area (Å²) in [6, 6.07) is 5.63. The maximum atomic E-state index is 12.3. The topological polar surface area (TPSA) is 32.3 Å². The van der Waals surface area contributed by atoms with Crippen molar-refractivity contribution in [1.29, 1.82) is 0 Å². The Labute approximate surface area is 134 Å². The highest BCUT2D eigenvalue weighted by atomic mass is 35.5. The van der Waals surface area contributed by atoms with Gasteiger partial charge in [0.1, 0.15) is 0 Å². The van der Waals surface area contributed by atoms with Crippen molar-refractivity contribution in [2.75, 3.05) is 25.9 Å². The molecule has 0 aliphatic carbocycles. The van der Waals surface area contributed by atoms with E-state index >= 15 is 0 Å². The minimum absolute atomic E-state index is 0.170. The van der Waals surface area contributed by atoms with E-state index in [1.54, 1.807) is 18.2 Å². The van der Waals surface area contributed by atoms with Gasteiger partial charge in [0.05, 0.1) is 10.8 Å². The predicted octanol–water partition coefficient (Wildman–Crippen LogP) is 3.30. The molecule has 0 saturated carbocycles. The molecule has 0 bridgehead atoms. The summed E-state index contributed by atoms with van der Waals surface area (Å²) in [4.78, 5) is 15.1. The second kappa shape index (κ2) is 7.55. The van der Waals surface area contributed by atoms with Crippen LogP contribution < -0.4 is 5.32 Å². The zero-order chi connectivity index (χ0) is 14.5. The zero-order valence-electron chi connectivity index (χ0n) is 11.4. The standard InChI is InChI=1S/C14H18Cl2N2OS/c1-17-8-11-3-2-6-18(11)14(19)9-20-13-7-10(15)4-5-12(13)16/h4-5,7,11,17H,2-3,6,8-9H2,1H3. The van der Waals surface area contributed by atoms with E-state index in [2.05, 4.69) is 5.32 Å². The van der Waals surface area contributed by atoms with Crippen molar-refractivity contribution < 1.29 is 4.79 Å². The van der Waals surface area contributed by atoms with Gasteiger partial charge in [-0.05, 0) is 38.1 Å². The lowest BCUT2D eigenvalue weighted by molar-refractivity contribution is -0.129. The number of nitrogens with zero attached hydrogens (tertiary/aromatic N) is 1. The van der Waals surface area contributed by atoms with Crippen molar-refractivity contribution >= 4 is 40.9 Å². The third kappa shape index (κ3) is 4.04. The van der Waals surface area contributed by atoms with E-state index in [-0.39, 0.29) is 5.91 Å². The van der Waals surface area contributed by atoms with Crippen LogP contribution in [0.25, 0.3) is 0 Å². The van der Waals surface area contributed by atoms with Crippen LogP contribution in [-0.4, -0.2) is 42.7 Å². The Balaban J connectivity index is 1.93. The Morgan fingerprint density at radius 1 is 1.50 bits per heavy atom. The number of carbonyl (C=O) groups is 1. The van der Waals surface area contributed by atoms with Gasteiger partial charge in [0.25, 0.3) is 0 Å². The first kappa shape index (κ1) is 16.0. The molecule has 1 aromatic carbocycles. The number of halogens is 2. The van der Waals surface area contributed by atoms with Gasteiger partial charge < -0.3 is 10.2 Å². The molecule has 1 atom stereocenters. The van der Waals surface area contributed by atoms with Gasteiger partial charge in [0, 0.05) is 29.0 Å². The van der Waals surface area contributed by atoms with E-state index < -0.39 is 0 Å². The van der Waals surface area contributed by atoms with Gasteiger partial charge in [-0.25, -0.2) is 0 Å². The number of benzene rings is 1. The molecule has 1 unspecified atom stereocenters. The fraction of sp³-hybridized carbons (Fsp3) is 0.500.